The molecule has 8 heteroatoms. The molecule has 1 aromatic heterocycles. The highest BCUT2D eigenvalue weighted by Crippen LogP contribution is 2.28. The van der Waals surface area contributed by atoms with Gasteiger partial charge in [-0.3, -0.25) is 4.68 Å². The van der Waals surface area contributed by atoms with Crippen LogP contribution in [0.1, 0.15) is 50.3 Å². The Bertz CT molecular complexity index is 618. The number of methoxy groups -OCH3 is 1. The van der Waals surface area contributed by atoms with Gasteiger partial charge in [-0.2, -0.15) is 5.10 Å². The first-order valence-corrected chi connectivity index (χ1v) is 8.05. The highest BCUT2D eigenvalue weighted by atomic mass is 16.6. The van der Waals surface area contributed by atoms with E-state index in [1.165, 1.54) is 7.11 Å². The van der Waals surface area contributed by atoms with E-state index in [1.807, 2.05) is 20.8 Å². The van der Waals surface area contributed by atoms with Crippen molar-refractivity contribution in [3.8, 4) is 5.75 Å². The van der Waals surface area contributed by atoms with Gasteiger partial charge in [-0.05, 0) is 34.1 Å². The molecule has 1 aliphatic heterocycles. The molecule has 1 aromatic rings. The van der Waals surface area contributed by atoms with Gasteiger partial charge in [0.25, 0.3) is 0 Å². The summed E-state index contributed by atoms with van der Waals surface area (Å²) in [6.07, 6.45) is 0.316. The molecule has 0 aromatic carbocycles. The van der Waals surface area contributed by atoms with Gasteiger partial charge in [-0.25, -0.2) is 9.59 Å². The summed E-state index contributed by atoms with van der Waals surface area (Å²) < 4.78 is 17.5. The minimum Gasteiger partial charge on any atom is -0.492 e. The van der Waals surface area contributed by atoms with Crippen molar-refractivity contribution in [3.05, 3.63) is 11.4 Å². The van der Waals surface area contributed by atoms with E-state index in [-0.39, 0.29) is 18.8 Å². The highest BCUT2D eigenvalue weighted by molar-refractivity contribution is 5.90. The number of carbonyl (C=O) groups is 2. The molecule has 2 rings (SSSR count). The molecule has 0 spiro atoms. The van der Waals surface area contributed by atoms with Crippen LogP contribution >= 0.6 is 0 Å². The van der Waals surface area contributed by atoms with Gasteiger partial charge in [0.2, 0.25) is 5.69 Å². The van der Waals surface area contributed by atoms with Gasteiger partial charge < -0.3 is 19.1 Å². The van der Waals surface area contributed by atoms with E-state index in [1.54, 1.807) is 16.5 Å². The van der Waals surface area contributed by atoms with Crippen LogP contribution in [0.15, 0.2) is 0 Å². The monoisotopic (exact) mass is 339 g/mol. The molecular weight excluding hydrogens is 314 g/mol. The van der Waals surface area contributed by atoms with E-state index in [2.05, 4.69) is 5.10 Å². The first-order chi connectivity index (χ1) is 11.3. The van der Waals surface area contributed by atoms with E-state index in [0.717, 1.165) is 0 Å². The summed E-state index contributed by atoms with van der Waals surface area (Å²) in [5.74, 6) is -0.178. The van der Waals surface area contributed by atoms with Crippen LogP contribution in [0.5, 0.6) is 5.75 Å². The van der Waals surface area contributed by atoms with Gasteiger partial charge in [0.1, 0.15) is 11.3 Å². The minimum atomic E-state index is -0.566. The van der Waals surface area contributed by atoms with E-state index in [4.69, 9.17) is 14.2 Å². The average molecular weight is 339 g/mol. The van der Waals surface area contributed by atoms with Crippen LogP contribution in [0.25, 0.3) is 0 Å². The zero-order chi connectivity index (χ0) is 17.9. The van der Waals surface area contributed by atoms with Crippen molar-refractivity contribution in [2.75, 3.05) is 20.3 Å². The van der Waals surface area contributed by atoms with Crippen molar-refractivity contribution in [1.82, 2.24) is 14.7 Å². The molecule has 0 atom stereocenters. The molecule has 8 nitrogen and oxygen atoms in total. The summed E-state index contributed by atoms with van der Waals surface area (Å²) in [4.78, 5) is 26.0. The van der Waals surface area contributed by atoms with E-state index < -0.39 is 17.7 Å². The molecule has 0 fully saturated rings. The molecule has 0 saturated carbocycles. The lowest BCUT2D eigenvalue weighted by Gasteiger charge is -2.26. The fourth-order valence-corrected chi connectivity index (χ4v) is 2.52. The number of aromatic nitrogens is 2. The lowest BCUT2D eigenvalue weighted by atomic mass is 10.2. The standard InChI is InChI=1S/C16H25N3O5/c1-6-23-14(20)12-13(22-5)11-10-18(8-7-9-19(11)17-12)15(21)24-16(2,3)4/h6-10H2,1-5H3. The first-order valence-electron chi connectivity index (χ1n) is 8.05. The molecule has 0 radical (unpaired) electrons. The SMILES string of the molecule is CCOC(=O)c1nn2c(c1OC)CN(C(=O)OC(C)(C)C)CCC2. The smallest absolute Gasteiger partial charge is 0.410 e. The Morgan fingerprint density at radius 1 is 1.25 bits per heavy atom. The van der Waals surface area contributed by atoms with E-state index in [9.17, 15) is 9.59 Å². The summed E-state index contributed by atoms with van der Waals surface area (Å²) in [6, 6.07) is 0. The number of aryl methyl sites for hydroxylation is 1. The number of hydrogen-bond acceptors (Lipinski definition) is 6. The zero-order valence-corrected chi connectivity index (χ0v) is 14.9. The predicted molar refractivity (Wildman–Crippen MR) is 86.0 cm³/mol. The number of amides is 1. The summed E-state index contributed by atoms with van der Waals surface area (Å²) in [5, 5.41) is 4.31. The molecule has 0 aliphatic carbocycles. The normalized spacial score (nSPS) is 14.6. The van der Waals surface area contributed by atoms with Crippen molar-refractivity contribution in [3.63, 3.8) is 0 Å². The topological polar surface area (TPSA) is 82.9 Å². The number of hydrogen-bond donors (Lipinski definition) is 0. The molecule has 0 unspecified atom stereocenters. The van der Waals surface area contributed by atoms with Crippen LogP contribution in [0.2, 0.25) is 0 Å². The van der Waals surface area contributed by atoms with Crippen molar-refractivity contribution in [1.29, 1.82) is 0 Å². The van der Waals surface area contributed by atoms with Gasteiger partial charge in [-0.1, -0.05) is 0 Å². The molecule has 0 saturated heterocycles. The summed E-state index contributed by atoms with van der Waals surface area (Å²) in [5.41, 5.74) is 0.244. The van der Waals surface area contributed by atoms with Crippen LogP contribution in [0.4, 0.5) is 4.79 Å². The molecule has 0 bridgehead atoms. The number of fused-ring (bicyclic) bond motifs is 1. The maximum Gasteiger partial charge on any atom is 0.410 e. The molecule has 134 valence electrons. The fourth-order valence-electron chi connectivity index (χ4n) is 2.52. The molecule has 24 heavy (non-hydrogen) atoms. The Morgan fingerprint density at radius 3 is 2.54 bits per heavy atom. The highest BCUT2D eigenvalue weighted by Gasteiger charge is 2.31. The number of esters is 1. The predicted octanol–water partition coefficient (Wildman–Crippen LogP) is 2.21. The summed E-state index contributed by atoms with van der Waals surface area (Å²) in [6.45, 7) is 8.88. The van der Waals surface area contributed by atoms with Crippen LogP contribution in [-0.2, 0) is 22.6 Å². The second kappa shape index (κ2) is 7.11. The average Bonchev–Trinajstić information content (AvgIpc) is 2.68. The largest absolute Gasteiger partial charge is 0.492 e. The zero-order valence-electron chi connectivity index (χ0n) is 14.9. The first kappa shape index (κ1) is 18.1. The Hall–Kier alpha value is -2.25. The van der Waals surface area contributed by atoms with Crippen molar-refractivity contribution < 1.29 is 23.8 Å². The van der Waals surface area contributed by atoms with Gasteiger partial charge >= 0.3 is 12.1 Å². The maximum absolute atomic E-state index is 12.4. The third-order valence-corrected chi connectivity index (χ3v) is 3.47. The lowest BCUT2D eigenvalue weighted by Crippen LogP contribution is -2.36. The fraction of sp³-hybridized carbons (Fsp3) is 0.688. The third-order valence-electron chi connectivity index (χ3n) is 3.47. The van der Waals surface area contributed by atoms with Crippen LogP contribution in [0, 0.1) is 0 Å². The second-order valence-electron chi connectivity index (χ2n) is 6.53. The van der Waals surface area contributed by atoms with Crippen molar-refractivity contribution in [2.24, 2.45) is 0 Å². The van der Waals surface area contributed by atoms with E-state index in [0.29, 0.717) is 31.0 Å². The summed E-state index contributed by atoms with van der Waals surface area (Å²) >= 11 is 0. The Morgan fingerprint density at radius 2 is 1.96 bits per heavy atom. The minimum absolute atomic E-state index is 0.139. The number of rotatable bonds is 3. The third kappa shape index (κ3) is 3.98. The molecular formula is C16H25N3O5. The second-order valence-corrected chi connectivity index (χ2v) is 6.53. The van der Waals surface area contributed by atoms with Crippen LogP contribution < -0.4 is 4.74 Å². The Labute approximate surface area is 141 Å². The van der Waals surface area contributed by atoms with Crippen LogP contribution in [-0.4, -0.2) is 52.6 Å². The number of ether oxygens (including phenoxy) is 3. The molecule has 1 amide bonds. The lowest BCUT2D eigenvalue weighted by molar-refractivity contribution is 0.0235. The van der Waals surface area contributed by atoms with Crippen LogP contribution in [0.3, 0.4) is 0 Å². The molecule has 1 aliphatic rings. The Kier molecular flexibility index (Phi) is 5.36. The van der Waals surface area contributed by atoms with Gasteiger partial charge in [0.05, 0.1) is 20.3 Å². The van der Waals surface area contributed by atoms with E-state index >= 15 is 0 Å². The quantitative estimate of drug-likeness (QED) is 0.785. The number of carbonyl (C=O) groups excluding carboxylic acids is 2. The van der Waals surface area contributed by atoms with Gasteiger partial charge in [-0.15, -0.1) is 0 Å². The van der Waals surface area contributed by atoms with Crippen molar-refractivity contribution >= 4 is 12.1 Å². The molecule has 2 heterocycles. The van der Waals surface area contributed by atoms with Crippen molar-refractivity contribution in [2.45, 2.75) is 52.8 Å². The Balaban J connectivity index is 2.29. The summed E-state index contributed by atoms with van der Waals surface area (Å²) in [7, 11) is 1.48. The molecule has 0 N–H and O–H groups in total. The number of nitrogens with zero attached hydrogens (tertiary/aromatic N) is 3. The van der Waals surface area contributed by atoms with Gasteiger partial charge in [0.15, 0.2) is 5.75 Å². The maximum atomic E-state index is 12.4. The van der Waals surface area contributed by atoms with Gasteiger partial charge in [0, 0.05) is 13.1 Å².